The smallest absolute Gasteiger partial charge is 0.119 e. The van der Waals surface area contributed by atoms with Gasteiger partial charge < -0.3 is 15.4 Å². The normalized spacial score (nSPS) is 19.1. The van der Waals surface area contributed by atoms with Crippen LogP contribution in [-0.2, 0) is 0 Å². The molecular formula is C16H25N3OS. The molecule has 0 saturated carbocycles. The summed E-state index contributed by atoms with van der Waals surface area (Å²) in [6.45, 7) is 4.01. The Bertz CT molecular complexity index is 461. The number of nitrogens with two attached hydrogens (primary N) is 1. The van der Waals surface area contributed by atoms with Crippen molar-refractivity contribution in [3.8, 4) is 5.75 Å². The molecule has 4 nitrogen and oxygen atoms in total. The summed E-state index contributed by atoms with van der Waals surface area (Å²) in [6, 6.07) is 8.33. The molecule has 1 aromatic carbocycles. The molecular weight excluding hydrogens is 282 g/mol. The van der Waals surface area contributed by atoms with Crippen LogP contribution in [0.2, 0.25) is 0 Å². The summed E-state index contributed by atoms with van der Waals surface area (Å²) in [5.41, 5.74) is 6.46. The standard InChI is InChI=1S/C16H25N3OS/c1-18(2)12-14-4-3-9-19(14)10-11-20-15-7-5-13(6-8-15)16(17)21/h5-8,14H,3-4,9-12H2,1-2H3,(H2,17,21). The Hall–Kier alpha value is -1.17. The van der Waals surface area contributed by atoms with Crippen LogP contribution in [0.25, 0.3) is 0 Å². The molecule has 0 bridgehead atoms. The Kier molecular flexibility index (Phi) is 5.96. The van der Waals surface area contributed by atoms with Crippen LogP contribution in [0.4, 0.5) is 0 Å². The van der Waals surface area contributed by atoms with Crippen molar-refractivity contribution < 1.29 is 4.74 Å². The highest BCUT2D eigenvalue weighted by Crippen LogP contribution is 2.18. The number of likely N-dealkylation sites (N-methyl/N-ethyl adjacent to an activating group) is 1. The van der Waals surface area contributed by atoms with E-state index in [2.05, 4.69) is 23.9 Å². The van der Waals surface area contributed by atoms with Gasteiger partial charge in [-0.05, 0) is 57.7 Å². The summed E-state index contributed by atoms with van der Waals surface area (Å²) in [7, 11) is 4.27. The Morgan fingerprint density at radius 3 is 2.71 bits per heavy atom. The average Bonchev–Trinajstić information content (AvgIpc) is 2.86. The summed E-state index contributed by atoms with van der Waals surface area (Å²) >= 11 is 4.94. The monoisotopic (exact) mass is 307 g/mol. The van der Waals surface area contributed by atoms with E-state index >= 15 is 0 Å². The number of thiocarbonyl (C=S) groups is 1. The molecule has 1 atom stereocenters. The molecule has 1 aromatic rings. The minimum atomic E-state index is 0.421. The molecule has 0 radical (unpaired) electrons. The molecule has 1 heterocycles. The van der Waals surface area contributed by atoms with Gasteiger partial charge in [0.15, 0.2) is 0 Å². The first-order chi connectivity index (χ1) is 10.1. The molecule has 2 rings (SSSR count). The van der Waals surface area contributed by atoms with E-state index in [0.717, 1.165) is 31.0 Å². The van der Waals surface area contributed by atoms with E-state index in [1.54, 1.807) is 0 Å². The molecule has 1 aliphatic heterocycles. The van der Waals surface area contributed by atoms with E-state index < -0.39 is 0 Å². The fraction of sp³-hybridized carbons (Fsp3) is 0.562. The highest BCUT2D eigenvalue weighted by atomic mass is 32.1. The zero-order chi connectivity index (χ0) is 15.2. The van der Waals surface area contributed by atoms with Crippen LogP contribution >= 0.6 is 12.2 Å². The minimum Gasteiger partial charge on any atom is -0.492 e. The van der Waals surface area contributed by atoms with Gasteiger partial charge in [0.2, 0.25) is 0 Å². The summed E-state index contributed by atoms with van der Waals surface area (Å²) in [4.78, 5) is 5.21. The molecule has 0 amide bonds. The Labute approximate surface area is 132 Å². The second kappa shape index (κ2) is 7.73. The van der Waals surface area contributed by atoms with Gasteiger partial charge in [0.25, 0.3) is 0 Å². The van der Waals surface area contributed by atoms with Crippen LogP contribution in [0, 0.1) is 0 Å². The molecule has 0 spiro atoms. The second-order valence-corrected chi connectivity index (χ2v) is 6.27. The lowest BCUT2D eigenvalue weighted by Gasteiger charge is -2.26. The van der Waals surface area contributed by atoms with Gasteiger partial charge in [-0.2, -0.15) is 0 Å². The molecule has 5 heteroatoms. The third-order valence-electron chi connectivity index (χ3n) is 3.86. The van der Waals surface area contributed by atoms with Crippen LogP contribution in [0.5, 0.6) is 5.75 Å². The van der Waals surface area contributed by atoms with Gasteiger partial charge in [0.1, 0.15) is 17.3 Å². The molecule has 116 valence electrons. The fourth-order valence-corrected chi connectivity index (χ4v) is 2.95. The molecule has 0 aromatic heterocycles. The van der Waals surface area contributed by atoms with Gasteiger partial charge in [0, 0.05) is 24.7 Å². The van der Waals surface area contributed by atoms with Crippen LogP contribution < -0.4 is 10.5 Å². The van der Waals surface area contributed by atoms with E-state index in [-0.39, 0.29) is 0 Å². The van der Waals surface area contributed by atoms with Gasteiger partial charge >= 0.3 is 0 Å². The number of rotatable bonds is 7. The molecule has 1 fully saturated rings. The van der Waals surface area contributed by atoms with E-state index in [1.807, 2.05) is 24.3 Å². The van der Waals surface area contributed by atoms with Gasteiger partial charge in [-0.25, -0.2) is 0 Å². The van der Waals surface area contributed by atoms with Crippen molar-refractivity contribution in [1.29, 1.82) is 0 Å². The molecule has 1 saturated heterocycles. The van der Waals surface area contributed by atoms with Crippen molar-refractivity contribution in [3.63, 3.8) is 0 Å². The zero-order valence-electron chi connectivity index (χ0n) is 12.9. The molecule has 2 N–H and O–H groups in total. The summed E-state index contributed by atoms with van der Waals surface area (Å²) < 4.78 is 5.82. The van der Waals surface area contributed by atoms with Crippen molar-refractivity contribution in [2.24, 2.45) is 5.73 Å². The van der Waals surface area contributed by atoms with E-state index in [9.17, 15) is 0 Å². The first-order valence-electron chi connectivity index (χ1n) is 7.47. The topological polar surface area (TPSA) is 41.7 Å². The molecule has 1 unspecified atom stereocenters. The lowest BCUT2D eigenvalue weighted by molar-refractivity contribution is 0.172. The van der Waals surface area contributed by atoms with Gasteiger partial charge in [-0.3, -0.25) is 4.90 Å². The van der Waals surface area contributed by atoms with Crippen molar-refractivity contribution in [3.05, 3.63) is 29.8 Å². The van der Waals surface area contributed by atoms with Crippen LogP contribution in [0.15, 0.2) is 24.3 Å². The summed E-state index contributed by atoms with van der Waals surface area (Å²) in [5, 5.41) is 0. The molecule has 1 aliphatic rings. The predicted molar refractivity (Wildman–Crippen MR) is 91.0 cm³/mol. The number of ether oxygens (including phenoxy) is 1. The number of hydrogen-bond acceptors (Lipinski definition) is 4. The van der Waals surface area contributed by atoms with Crippen LogP contribution in [0.1, 0.15) is 18.4 Å². The number of benzene rings is 1. The second-order valence-electron chi connectivity index (χ2n) is 5.83. The number of hydrogen-bond donors (Lipinski definition) is 1. The Morgan fingerprint density at radius 2 is 2.10 bits per heavy atom. The zero-order valence-corrected chi connectivity index (χ0v) is 13.7. The SMILES string of the molecule is CN(C)CC1CCCN1CCOc1ccc(C(N)=S)cc1. The maximum Gasteiger partial charge on any atom is 0.119 e. The molecule has 0 aliphatic carbocycles. The van der Waals surface area contributed by atoms with Crippen molar-refractivity contribution in [2.75, 3.05) is 40.3 Å². The largest absolute Gasteiger partial charge is 0.492 e. The maximum atomic E-state index is 5.82. The van der Waals surface area contributed by atoms with Gasteiger partial charge in [-0.1, -0.05) is 12.2 Å². The fourth-order valence-electron chi connectivity index (χ4n) is 2.81. The van der Waals surface area contributed by atoms with E-state index in [1.165, 1.54) is 19.4 Å². The minimum absolute atomic E-state index is 0.421. The highest BCUT2D eigenvalue weighted by Gasteiger charge is 2.24. The van der Waals surface area contributed by atoms with Crippen LogP contribution in [-0.4, -0.2) is 61.2 Å². The Balaban J connectivity index is 1.77. The third kappa shape index (κ3) is 4.95. The third-order valence-corrected chi connectivity index (χ3v) is 4.10. The summed E-state index contributed by atoms with van der Waals surface area (Å²) in [5.74, 6) is 0.873. The number of likely N-dealkylation sites (tertiary alicyclic amines) is 1. The quantitative estimate of drug-likeness (QED) is 0.777. The van der Waals surface area contributed by atoms with Crippen LogP contribution in [0.3, 0.4) is 0 Å². The van der Waals surface area contributed by atoms with Crippen molar-refractivity contribution in [1.82, 2.24) is 9.80 Å². The van der Waals surface area contributed by atoms with Gasteiger partial charge in [-0.15, -0.1) is 0 Å². The lowest BCUT2D eigenvalue weighted by Crippen LogP contribution is -2.39. The van der Waals surface area contributed by atoms with E-state index in [0.29, 0.717) is 11.0 Å². The predicted octanol–water partition coefficient (Wildman–Crippen LogP) is 1.73. The van der Waals surface area contributed by atoms with Crippen molar-refractivity contribution in [2.45, 2.75) is 18.9 Å². The summed E-state index contributed by atoms with van der Waals surface area (Å²) in [6.07, 6.45) is 2.59. The highest BCUT2D eigenvalue weighted by molar-refractivity contribution is 7.80. The van der Waals surface area contributed by atoms with E-state index in [4.69, 9.17) is 22.7 Å². The lowest BCUT2D eigenvalue weighted by atomic mass is 10.2. The number of nitrogens with zero attached hydrogens (tertiary/aromatic N) is 2. The maximum absolute atomic E-state index is 5.82. The van der Waals surface area contributed by atoms with Gasteiger partial charge in [0.05, 0.1) is 0 Å². The average molecular weight is 307 g/mol. The molecule has 21 heavy (non-hydrogen) atoms. The first kappa shape index (κ1) is 16.2. The Morgan fingerprint density at radius 1 is 1.38 bits per heavy atom. The first-order valence-corrected chi connectivity index (χ1v) is 7.88. The van der Waals surface area contributed by atoms with Crippen molar-refractivity contribution >= 4 is 17.2 Å².